The highest BCUT2D eigenvalue weighted by molar-refractivity contribution is 5.80. The van der Waals surface area contributed by atoms with Gasteiger partial charge in [-0.25, -0.2) is 0 Å². The van der Waals surface area contributed by atoms with Crippen molar-refractivity contribution in [2.75, 3.05) is 13.7 Å². The van der Waals surface area contributed by atoms with Gasteiger partial charge in [-0.2, -0.15) is 0 Å². The smallest absolute Gasteiger partial charge is 0.240 e. The number of amides is 1. The first-order chi connectivity index (χ1) is 12.4. The number of hydrogen-bond donors (Lipinski definition) is 1. The molecule has 0 radical (unpaired) electrons. The molecule has 1 amide bonds. The van der Waals surface area contributed by atoms with Crippen LogP contribution in [0.3, 0.4) is 0 Å². The van der Waals surface area contributed by atoms with E-state index in [0.717, 1.165) is 0 Å². The molecule has 0 spiro atoms. The van der Waals surface area contributed by atoms with E-state index in [-0.39, 0.29) is 17.7 Å². The van der Waals surface area contributed by atoms with Gasteiger partial charge in [0.25, 0.3) is 0 Å². The van der Waals surface area contributed by atoms with Gasteiger partial charge in [-0.05, 0) is 34.8 Å². The van der Waals surface area contributed by atoms with Gasteiger partial charge in [0, 0.05) is 13.0 Å². The molecule has 0 unspecified atom stereocenters. The van der Waals surface area contributed by atoms with E-state index in [1.165, 1.54) is 22.3 Å². The van der Waals surface area contributed by atoms with Crippen molar-refractivity contribution in [2.45, 2.75) is 25.8 Å². The van der Waals surface area contributed by atoms with Gasteiger partial charge in [-0.3, -0.25) is 4.79 Å². The number of carbonyl (C=O) groups is 1. The number of rotatable bonds is 7. The molecule has 4 heteroatoms. The van der Waals surface area contributed by atoms with Crippen LogP contribution >= 0.6 is 0 Å². The second-order valence-corrected chi connectivity index (χ2v) is 7.13. The van der Waals surface area contributed by atoms with Crippen molar-refractivity contribution < 1.29 is 9.53 Å². The van der Waals surface area contributed by atoms with Gasteiger partial charge < -0.3 is 15.4 Å². The van der Waals surface area contributed by atoms with E-state index in [0.29, 0.717) is 12.5 Å². The average molecular weight is 350 g/mol. The highest BCUT2D eigenvalue weighted by atomic mass is 16.5. The largest absolute Gasteiger partial charge is 0.478 e. The number of likely N-dealkylation sites (N-methyl/N-ethyl adjacent to an activating group) is 1. The number of benzene rings is 2. The van der Waals surface area contributed by atoms with Crippen LogP contribution in [-0.4, -0.2) is 30.5 Å². The molecule has 0 aromatic heterocycles. The van der Waals surface area contributed by atoms with Gasteiger partial charge in [0.2, 0.25) is 5.91 Å². The summed E-state index contributed by atoms with van der Waals surface area (Å²) in [5, 5.41) is 0. The van der Waals surface area contributed by atoms with E-state index >= 15 is 0 Å². The average Bonchev–Trinajstić information content (AvgIpc) is 2.93. The van der Waals surface area contributed by atoms with E-state index in [1.54, 1.807) is 11.9 Å². The highest BCUT2D eigenvalue weighted by Gasteiger charge is 2.30. The fourth-order valence-electron chi connectivity index (χ4n) is 3.84. The molecular formula is C22H26N2O2. The normalized spacial score (nSPS) is 13.8. The zero-order chi connectivity index (χ0) is 18.8. The Kier molecular flexibility index (Phi) is 5.03. The maximum Gasteiger partial charge on any atom is 0.240 e. The van der Waals surface area contributed by atoms with Gasteiger partial charge in [-0.15, -0.1) is 0 Å². The molecule has 1 aliphatic rings. The first kappa shape index (κ1) is 18.1. The summed E-state index contributed by atoms with van der Waals surface area (Å²) < 4.78 is 6.01. The lowest BCUT2D eigenvalue weighted by Crippen LogP contribution is -2.45. The predicted molar refractivity (Wildman–Crippen MR) is 104 cm³/mol. The third kappa shape index (κ3) is 3.19. The fraction of sp³-hybridized carbons (Fsp3) is 0.318. The standard InChI is InChI=1S/C22H26N2O2/c1-14(2)21(22(23)25)24(4)15(3)26-13-20-18-11-7-5-9-16(18)17-10-6-8-12-19(17)20/h5-12,14,20-21H,3,13H2,1-2,4H3,(H2,23,25)/t21-/m0/s1. The topological polar surface area (TPSA) is 55.6 Å². The Morgan fingerprint density at radius 3 is 2.08 bits per heavy atom. The van der Waals surface area contributed by atoms with Gasteiger partial charge >= 0.3 is 0 Å². The van der Waals surface area contributed by atoms with E-state index < -0.39 is 6.04 Å². The van der Waals surface area contributed by atoms with Crippen LogP contribution < -0.4 is 5.73 Å². The van der Waals surface area contributed by atoms with E-state index in [9.17, 15) is 4.79 Å². The Balaban J connectivity index is 1.78. The number of hydrogen-bond acceptors (Lipinski definition) is 3. The maximum absolute atomic E-state index is 11.8. The highest BCUT2D eigenvalue weighted by Crippen LogP contribution is 2.44. The monoisotopic (exact) mass is 350 g/mol. The molecule has 136 valence electrons. The summed E-state index contributed by atoms with van der Waals surface area (Å²) >= 11 is 0. The molecule has 0 fully saturated rings. The van der Waals surface area contributed by atoms with Crippen LogP contribution in [0.15, 0.2) is 61.0 Å². The summed E-state index contributed by atoms with van der Waals surface area (Å²) in [6, 6.07) is 16.4. The molecule has 2 aromatic rings. The maximum atomic E-state index is 11.8. The quantitative estimate of drug-likeness (QED) is 0.774. The number of fused-ring (bicyclic) bond motifs is 3. The first-order valence-electron chi connectivity index (χ1n) is 8.94. The van der Waals surface area contributed by atoms with Crippen LogP contribution in [0.25, 0.3) is 11.1 Å². The number of ether oxygens (including phenoxy) is 1. The fourth-order valence-corrected chi connectivity index (χ4v) is 3.84. The number of nitrogens with two attached hydrogens (primary N) is 1. The summed E-state index contributed by atoms with van der Waals surface area (Å²) in [7, 11) is 1.80. The molecule has 0 bridgehead atoms. The summed E-state index contributed by atoms with van der Waals surface area (Å²) in [5.41, 5.74) is 10.6. The summed E-state index contributed by atoms with van der Waals surface area (Å²) in [4.78, 5) is 13.5. The molecule has 0 saturated carbocycles. The molecule has 26 heavy (non-hydrogen) atoms. The van der Waals surface area contributed by atoms with Crippen LogP contribution in [0.2, 0.25) is 0 Å². The predicted octanol–water partition coefficient (Wildman–Crippen LogP) is 3.73. The van der Waals surface area contributed by atoms with Gasteiger partial charge in [0.05, 0.1) is 0 Å². The number of primary amides is 1. The molecule has 2 aromatic carbocycles. The van der Waals surface area contributed by atoms with E-state index in [2.05, 4.69) is 55.1 Å². The van der Waals surface area contributed by atoms with Crippen molar-refractivity contribution >= 4 is 5.91 Å². The van der Waals surface area contributed by atoms with Gasteiger partial charge in [0.15, 0.2) is 5.88 Å². The van der Waals surface area contributed by atoms with Crippen LogP contribution in [0.1, 0.15) is 30.9 Å². The third-order valence-corrected chi connectivity index (χ3v) is 5.11. The van der Waals surface area contributed by atoms with Crippen molar-refractivity contribution in [1.29, 1.82) is 0 Å². The Morgan fingerprint density at radius 1 is 1.12 bits per heavy atom. The van der Waals surface area contributed by atoms with Crippen LogP contribution in [-0.2, 0) is 9.53 Å². The van der Waals surface area contributed by atoms with Crippen molar-refractivity contribution in [3.63, 3.8) is 0 Å². The van der Waals surface area contributed by atoms with Crippen LogP contribution in [0.4, 0.5) is 0 Å². The second kappa shape index (κ2) is 7.24. The Bertz CT molecular complexity index is 783. The first-order valence-corrected chi connectivity index (χ1v) is 8.94. The minimum Gasteiger partial charge on any atom is -0.478 e. The van der Waals surface area contributed by atoms with Crippen LogP contribution in [0.5, 0.6) is 0 Å². The SMILES string of the molecule is C=C(OCC1c2ccccc2-c2ccccc21)N(C)[C@H](C(N)=O)C(C)C. The van der Waals surface area contributed by atoms with Gasteiger partial charge in [0.1, 0.15) is 12.6 Å². The Hall–Kier alpha value is -2.75. The van der Waals surface area contributed by atoms with Crippen molar-refractivity contribution in [2.24, 2.45) is 11.7 Å². The molecule has 0 saturated heterocycles. The lowest BCUT2D eigenvalue weighted by atomic mass is 9.98. The number of carbonyl (C=O) groups excluding carboxylic acids is 1. The molecule has 2 N–H and O–H groups in total. The van der Waals surface area contributed by atoms with E-state index in [4.69, 9.17) is 10.5 Å². The van der Waals surface area contributed by atoms with E-state index in [1.807, 2.05) is 13.8 Å². The number of nitrogens with zero attached hydrogens (tertiary/aromatic N) is 1. The van der Waals surface area contributed by atoms with Crippen molar-refractivity contribution in [1.82, 2.24) is 4.90 Å². The summed E-state index contributed by atoms with van der Waals surface area (Å²) in [6.07, 6.45) is 0. The minimum atomic E-state index is -0.439. The molecule has 0 aliphatic heterocycles. The summed E-state index contributed by atoms with van der Waals surface area (Å²) in [6.45, 7) is 8.40. The second-order valence-electron chi connectivity index (χ2n) is 7.13. The molecule has 1 atom stereocenters. The lowest BCUT2D eigenvalue weighted by Gasteiger charge is -2.31. The molecule has 0 heterocycles. The molecular weight excluding hydrogens is 324 g/mol. The zero-order valence-electron chi connectivity index (χ0n) is 15.6. The minimum absolute atomic E-state index is 0.0748. The Morgan fingerprint density at radius 2 is 1.62 bits per heavy atom. The van der Waals surface area contributed by atoms with Crippen molar-refractivity contribution in [3.8, 4) is 11.1 Å². The molecule has 1 aliphatic carbocycles. The lowest BCUT2D eigenvalue weighted by molar-refractivity contribution is -0.124. The third-order valence-electron chi connectivity index (χ3n) is 5.11. The summed E-state index contributed by atoms with van der Waals surface area (Å²) in [5.74, 6) is 0.317. The van der Waals surface area contributed by atoms with Gasteiger partial charge in [-0.1, -0.05) is 62.4 Å². The Labute approximate surface area is 155 Å². The van der Waals surface area contributed by atoms with Crippen LogP contribution in [0, 0.1) is 5.92 Å². The molecule has 3 rings (SSSR count). The van der Waals surface area contributed by atoms with Crippen molar-refractivity contribution in [3.05, 3.63) is 72.1 Å². The zero-order valence-corrected chi connectivity index (χ0v) is 15.6. The molecule has 4 nitrogen and oxygen atoms in total.